The number of aromatic amines is 1. The van der Waals surface area contributed by atoms with E-state index >= 15 is 0 Å². The zero-order valence-corrected chi connectivity index (χ0v) is 14.3. The highest BCUT2D eigenvalue weighted by Crippen LogP contribution is 2.30. The van der Waals surface area contributed by atoms with Crippen molar-refractivity contribution in [3.63, 3.8) is 0 Å². The van der Waals surface area contributed by atoms with Crippen molar-refractivity contribution in [2.45, 2.75) is 39.2 Å². The molecule has 3 aromatic heterocycles. The first-order valence-electron chi connectivity index (χ1n) is 8.78. The Morgan fingerprint density at radius 1 is 1.27 bits per heavy atom. The molecule has 0 saturated heterocycles. The number of H-pyrrole nitrogens is 1. The number of aryl methyl sites for hydroxylation is 2. The lowest BCUT2D eigenvalue weighted by Crippen LogP contribution is -2.11. The molecule has 8 heteroatoms. The summed E-state index contributed by atoms with van der Waals surface area (Å²) in [7, 11) is 0. The number of benzene rings is 1. The number of oxazole rings is 1. The maximum Gasteiger partial charge on any atom is 0.419 e. The highest BCUT2D eigenvalue weighted by molar-refractivity contribution is 5.79. The molecule has 0 aliphatic heterocycles. The zero-order chi connectivity index (χ0) is 17.7. The number of hydrogen-bond acceptors (Lipinski definition) is 6. The van der Waals surface area contributed by atoms with Crippen LogP contribution in [0, 0.1) is 0 Å². The molecule has 0 atom stereocenters. The Hall–Kier alpha value is -3.16. The van der Waals surface area contributed by atoms with Gasteiger partial charge in [-0.25, -0.2) is 4.79 Å². The summed E-state index contributed by atoms with van der Waals surface area (Å²) in [5.74, 6) is 0.491. The largest absolute Gasteiger partial charge is 0.419 e. The quantitative estimate of drug-likeness (QED) is 0.609. The van der Waals surface area contributed by atoms with Crippen molar-refractivity contribution < 1.29 is 8.94 Å². The third kappa shape index (κ3) is 2.22. The average Bonchev–Trinajstić information content (AvgIpc) is 3.36. The van der Waals surface area contributed by atoms with Crippen LogP contribution in [0.15, 0.2) is 31.9 Å². The van der Waals surface area contributed by atoms with Gasteiger partial charge in [-0.05, 0) is 50.8 Å². The summed E-state index contributed by atoms with van der Waals surface area (Å²) in [6.07, 6.45) is 4.30. The van der Waals surface area contributed by atoms with Crippen LogP contribution in [-0.2, 0) is 19.4 Å². The van der Waals surface area contributed by atoms with Gasteiger partial charge in [-0.1, -0.05) is 5.16 Å². The van der Waals surface area contributed by atoms with Crippen molar-refractivity contribution in [1.29, 1.82) is 0 Å². The summed E-state index contributed by atoms with van der Waals surface area (Å²) < 4.78 is 12.3. The normalized spacial score (nSPS) is 14.0. The van der Waals surface area contributed by atoms with Gasteiger partial charge in [0.25, 0.3) is 5.89 Å². The van der Waals surface area contributed by atoms with Gasteiger partial charge in [0.15, 0.2) is 11.3 Å². The molecule has 0 bridgehead atoms. The van der Waals surface area contributed by atoms with Crippen molar-refractivity contribution >= 4 is 11.1 Å². The fourth-order valence-electron chi connectivity index (χ4n) is 3.60. The minimum Gasteiger partial charge on any atom is -0.408 e. The molecule has 26 heavy (non-hydrogen) atoms. The average molecular weight is 351 g/mol. The molecule has 1 N–H and O–H groups in total. The summed E-state index contributed by atoms with van der Waals surface area (Å²) in [4.78, 5) is 16.3. The lowest BCUT2D eigenvalue weighted by atomic mass is 9.96. The van der Waals surface area contributed by atoms with Crippen LogP contribution >= 0.6 is 0 Å². The summed E-state index contributed by atoms with van der Waals surface area (Å²) in [6.45, 7) is 2.46. The van der Waals surface area contributed by atoms with Crippen LogP contribution in [0.25, 0.3) is 34.1 Å². The second kappa shape index (κ2) is 5.69. The topological polar surface area (TPSA) is 103 Å². The van der Waals surface area contributed by atoms with E-state index in [1.54, 1.807) is 10.6 Å². The molecule has 1 aromatic carbocycles. The molecule has 132 valence electrons. The van der Waals surface area contributed by atoms with Crippen molar-refractivity contribution in [2.24, 2.45) is 0 Å². The summed E-state index contributed by atoms with van der Waals surface area (Å²) >= 11 is 0. The number of rotatable bonds is 3. The molecule has 0 spiro atoms. The molecule has 1 aliphatic carbocycles. The van der Waals surface area contributed by atoms with E-state index in [4.69, 9.17) is 8.94 Å². The lowest BCUT2D eigenvalue weighted by Gasteiger charge is -2.09. The zero-order valence-electron chi connectivity index (χ0n) is 14.3. The molecule has 0 unspecified atom stereocenters. The molecular weight excluding hydrogens is 334 g/mol. The van der Waals surface area contributed by atoms with E-state index in [1.807, 2.05) is 19.1 Å². The van der Waals surface area contributed by atoms with Gasteiger partial charge in [-0.15, -0.1) is 0 Å². The summed E-state index contributed by atoms with van der Waals surface area (Å²) in [6, 6.07) is 5.46. The van der Waals surface area contributed by atoms with Gasteiger partial charge >= 0.3 is 5.76 Å². The first kappa shape index (κ1) is 15.1. The number of nitrogens with one attached hydrogen (secondary N) is 1. The summed E-state index contributed by atoms with van der Waals surface area (Å²) in [5.41, 5.74) is 5.07. The number of hydrogen-bond donors (Lipinski definition) is 1. The third-order valence-electron chi connectivity index (χ3n) is 4.93. The maximum absolute atomic E-state index is 11.8. The smallest absolute Gasteiger partial charge is 0.408 e. The Kier molecular flexibility index (Phi) is 3.31. The van der Waals surface area contributed by atoms with E-state index in [2.05, 4.69) is 20.3 Å². The molecule has 8 nitrogen and oxygen atoms in total. The van der Waals surface area contributed by atoms with Crippen molar-refractivity contribution in [3.8, 4) is 23.0 Å². The van der Waals surface area contributed by atoms with Crippen LogP contribution in [0.1, 0.15) is 31.0 Å². The highest BCUT2D eigenvalue weighted by atomic mass is 16.5. The predicted octanol–water partition coefficient (Wildman–Crippen LogP) is 2.93. The fourth-order valence-corrected chi connectivity index (χ4v) is 3.60. The number of fused-ring (bicyclic) bond motifs is 2. The highest BCUT2D eigenvalue weighted by Gasteiger charge is 2.22. The standard InChI is InChI=1S/C18H17N5O3/c1-2-23-13-8-7-10(9-14(13)25-18(23)24)16-19-17(26-22-16)15-11-5-3-4-6-12(11)20-21-15/h7-9H,2-6H2,1H3,(H,20,21). The van der Waals surface area contributed by atoms with E-state index in [1.165, 1.54) is 12.0 Å². The van der Waals surface area contributed by atoms with E-state index in [0.717, 1.165) is 41.7 Å². The second-order valence-corrected chi connectivity index (χ2v) is 6.45. The minimum atomic E-state index is -0.364. The monoisotopic (exact) mass is 351 g/mol. The molecule has 0 amide bonds. The Bertz CT molecular complexity index is 1160. The van der Waals surface area contributed by atoms with Gasteiger partial charge in [-0.3, -0.25) is 9.67 Å². The molecule has 0 fully saturated rings. The summed E-state index contributed by atoms with van der Waals surface area (Å²) in [5, 5.41) is 11.5. The fraction of sp³-hybridized carbons (Fsp3) is 0.333. The van der Waals surface area contributed by atoms with Crippen molar-refractivity contribution in [3.05, 3.63) is 40.0 Å². The molecule has 1 aliphatic rings. The molecular formula is C18H17N5O3. The van der Waals surface area contributed by atoms with Crippen LogP contribution < -0.4 is 5.76 Å². The van der Waals surface area contributed by atoms with Gasteiger partial charge in [0.05, 0.1) is 5.52 Å². The molecule has 0 saturated carbocycles. The van der Waals surface area contributed by atoms with Crippen LogP contribution in [0.5, 0.6) is 0 Å². The SMILES string of the molecule is CCn1c(=O)oc2cc(-c3noc(-c4n[nH]c5c4CCCC5)n3)ccc21. The van der Waals surface area contributed by atoms with Gasteiger partial charge < -0.3 is 8.94 Å². The first-order valence-corrected chi connectivity index (χ1v) is 8.78. The Morgan fingerprint density at radius 3 is 3.04 bits per heavy atom. The van der Waals surface area contributed by atoms with Gasteiger partial charge in [0.2, 0.25) is 5.82 Å². The molecule has 0 radical (unpaired) electrons. The number of aromatic nitrogens is 5. The third-order valence-corrected chi connectivity index (χ3v) is 4.93. The van der Waals surface area contributed by atoms with Crippen LogP contribution in [-0.4, -0.2) is 24.9 Å². The van der Waals surface area contributed by atoms with Gasteiger partial charge in [0, 0.05) is 23.4 Å². The first-order chi connectivity index (χ1) is 12.7. The minimum absolute atomic E-state index is 0.364. The van der Waals surface area contributed by atoms with Crippen LogP contribution in [0.2, 0.25) is 0 Å². The maximum atomic E-state index is 11.8. The van der Waals surface area contributed by atoms with Gasteiger partial charge in [-0.2, -0.15) is 10.1 Å². The Labute approximate surface area is 147 Å². The van der Waals surface area contributed by atoms with E-state index in [0.29, 0.717) is 23.8 Å². The predicted molar refractivity (Wildman–Crippen MR) is 93.7 cm³/mol. The van der Waals surface area contributed by atoms with E-state index < -0.39 is 0 Å². The van der Waals surface area contributed by atoms with E-state index in [-0.39, 0.29) is 5.76 Å². The van der Waals surface area contributed by atoms with Crippen molar-refractivity contribution in [1.82, 2.24) is 24.9 Å². The Balaban J connectivity index is 1.55. The van der Waals surface area contributed by atoms with Gasteiger partial charge in [0.1, 0.15) is 0 Å². The second-order valence-electron chi connectivity index (χ2n) is 6.45. The number of nitrogens with zero attached hydrogens (tertiary/aromatic N) is 4. The van der Waals surface area contributed by atoms with Crippen LogP contribution in [0.3, 0.4) is 0 Å². The molecule has 5 rings (SSSR count). The lowest BCUT2D eigenvalue weighted by molar-refractivity contribution is 0.430. The van der Waals surface area contributed by atoms with Crippen molar-refractivity contribution in [2.75, 3.05) is 0 Å². The molecule has 4 aromatic rings. The molecule has 3 heterocycles. The van der Waals surface area contributed by atoms with E-state index in [9.17, 15) is 4.79 Å². The van der Waals surface area contributed by atoms with Crippen LogP contribution in [0.4, 0.5) is 0 Å². The Morgan fingerprint density at radius 2 is 2.15 bits per heavy atom.